The summed E-state index contributed by atoms with van der Waals surface area (Å²) in [5.41, 5.74) is 6.72. The van der Waals surface area contributed by atoms with Crippen LogP contribution in [0.15, 0.2) is 17.4 Å². The van der Waals surface area contributed by atoms with Gasteiger partial charge in [-0.2, -0.15) is 5.10 Å². The van der Waals surface area contributed by atoms with Crippen molar-refractivity contribution in [2.24, 2.45) is 10.7 Å². The van der Waals surface area contributed by atoms with Crippen molar-refractivity contribution in [1.82, 2.24) is 15.1 Å². The van der Waals surface area contributed by atoms with Gasteiger partial charge < -0.3 is 11.1 Å². The Labute approximate surface area is 84.0 Å². The molecule has 0 aliphatic heterocycles. The van der Waals surface area contributed by atoms with Crippen LogP contribution in [0.1, 0.15) is 12.5 Å². The minimum atomic E-state index is 0.497. The van der Waals surface area contributed by atoms with Crippen LogP contribution in [0.5, 0.6) is 0 Å². The van der Waals surface area contributed by atoms with Gasteiger partial charge in [-0.25, -0.2) is 0 Å². The van der Waals surface area contributed by atoms with Gasteiger partial charge in [0, 0.05) is 12.7 Å². The van der Waals surface area contributed by atoms with Crippen LogP contribution in [-0.4, -0.2) is 28.8 Å². The molecule has 1 heterocycles. The van der Waals surface area contributed by atoms with Crippen LogP contribution in [0.2, 0.25) is 0 Å². The van der Waals surface area contributed by atoms with Crippen molar-refractivity contribution < 1.29 is 0 Å². The predicted molar refractivity (Wildman–Crippen MR) is 57.1 cm³/mol. The van der Waals surface area contributed by atoms with E-state index in [4.69, 9.17) is 5.73 Å². The second-order valence-electron chi connectivity index (χ2n) is 3.08. The van der Waals surface area contributed by atoms with Crippen molar-refractivity contribution in [3.63, 3.8) is 0 Å². The van der Waals surface area contributed by atoms with E-state index in [1.54, 1.807) is 0 Å². The van der Waals surface area contributed by atoms with E-state index in [-0.39, 0.29) is 0 Å². The van der Waals surface area contributed by atoms with Gasteiger partial charge in [-0.15, -0.1) is 0 Å². The topological polar surface area (TPSA) is 68.2 Å². The standard InChI is InChI=1S/C9H17N5/c1-3-11-9(10)12-4-5-14-7-8(2)6-13-14/h6-7H,3-5H2,1-2H3,(H3,10,11,12). The lowest BCUT2D eigenvalue weighted by molar-refractivity contribution is 0.624. The quantitative estimate of drug-likeness (QED) is 0.529. The van der Waals surface area contributed by atoms with E-state index in [0.717, 1.165) is 18.7 Å². The number of rotatable bonds is 4. The third-order valence-corrected chi connectivity index (χ3v) is 1.73. The van der Waals surface area contributed by atoms with Crippen LogP contribution in [0.25, 0.3) is 0 Å². The molecule has 0 atom stereocenters. The van der Waals surface area contributed by atoms with Gasteiger partial charge in [-0.3, -0.25) is 9.67 Å². The van der Waals surface area contributed by atoms with Crippen molar-refractivity contribution in [1.29, 1.82) is 0 Å². The predicted octanol–water partition coefficient (Wildman–Crippen LogP) is 0.116. The highest BCUT2D eigenvalue weighted by Gasteiger charge is 1.93. The van der Waals surface area contributed by atoms with E-state index in [9.17, 15) is 0 Å². The molecular weight excluding hydrogens is 178 g/mol. The Kier molecular flexibility index (Phi) is 3.97. The summed E-state index contributed by atoms with van der Waals surface area (Å²) in [6.07, 6.45) is 3.82. The third-order valence-electron chi connectivity index (χ3n) is 1.73. The number of guanidine groups is 1. The molecule has 3 N–H and O–H groups in total. The number of aryl methyl sites for hydroxylation is 1. The number of nitrogens with zero attached hydrogens (tertiary/aromatic N) is 3. The van der Waals surface area contributed by atoms with Crippen molar-refractivity contribution in [2.45, 2.75) is 20.4 Å². The van der Waals surface area contributed by atoms with Crippen LogP contribution in [0.3, 0.4) is 0 Å². The van der Waals surface area contributed by atoms with Crippen LogP contribution in [-0.2, 0) is 6.54 Å². The SMILES string of the molecule is CCNC(N)=NCCn1cc(C)cn1. The number of nitrogens with one attached hydrogen (secondary N) is 1. The Morgan fingerprint density at radius 3 is 3.07 bits per heavy atom. The van der Waals surface area contributed by atoms with Crippen LogP contribution >= 0.6 is 0 Å². The zero-order chi connectivity index (χ0) is 10.4. The highest BCUT2D eigenvalue weighted by atomic mass is 15.3. The number of aromatic nitrogens is 2. The Balaban J connectivity index is 2.31. The fourth-order valence-electron chi connectivity index (χ4n) is 1.10. The van der Waals surface area contributed by atoms with E-state index in [1.807, 2.05) is 30.9 Å². The van der Waals surface area contributed by atoms with Crippen LogP contribution < -0.4 is 11.1 Å². The molecule has 0 amide bonds. The second-order valence-corrected chi connectivity index (χ2v) is 3.08. The molecule has 0 fully saturated rings. The maximum atomic E-state index is 5.56. The molecule has 1 aromatic heterocycles. The van der Waals surface area contributed by atoms with E-state index in [1.165, 1.54) is 0 Å². The highest BCUT2D eigenvalue weighted by Crippen LogP contribution is 1.93. The molecule has 0 radical (unpaired) electrons. The smallest absolute Gasteiger partial charge is 0.188 e. The monoisotopic (exact) mass is 195 g/mol. The van der Waals surface area contributed by atoms with Gasteiger partial charge in [0.25, 0.3) is 0 Å². The first kappa shape index (κ1) is 10.6. The first-order chi connectivity index (χ1) is 6.72. The lowest BCUT2D eigenvalue weighted by Gasteiger charge is -2.01. The summed E-state index contributed by atoms with van der Waals surface area (Å²) < 4.78 is 1.86. The molecule has 0 aliphatic rings. The summed E-state index contributed by atoms with van der Waals surface area (Å²) in [5.74, 6) is 0.497. The second kappa shape index (κ2) is 5.26. The van der Waals surface area contributed by atoms with E-state index >= 15 is 0 Å². The lowest BCUT2D eigenvalue weighted by atomic mass is 10.4. The molecule has 0 spiro atoms. The molecule has 0 aromatic carbocycles. The fraction of sp³-hybridized carbons (Fsp3) is 0.556. The maximum Gasteiger partial charge on any atom is 0.188 e. The zero-order valence-electron chi connectivity index (χ0n) is 8.70. The summed E-state index contributed by atoms with van der Waals surface area (Å²) in [6.45, 7) is 6.22. The average Bonchev–Trinajstić information content (AvgIpc) is 2.52. The number of nitrogens with two attached hydrogens (primary N) is 1. The summed E-state index contributed by atoms with van der Waals surface area (Å²) in [7, 11) is 0. The molecule has 0 saturated heterocycles. The molecule has 78 valence electrons. The molecule has 1 aromatic rings. The summed E-state index contributed by atoms with van der Waals surface area (Å²) in [6, 6.07) is 0. The van der Waals surface area contributed by atoms with E-state index < -0.39 is 0 Å². The van der Waals surface area contributed by atoms with E-state index in [0.29, 0.717) is 12.5 Å². The average molecular weight is 195 g/mol. The Bertz CT molecular complexity index is 302. The Morgan fingerprint density at radius 1 is 1.71 bits per heavy atom. The number of aliphatic imine (C=N–C) groups is 1. The third kappa shape index (κ3) is 3.47. The fourth-order valence-corrected chi connectivity index (χ4v) is 1.10. The van der Waals surface area contributed by atoms with Crippen LogP contribution in [0.4, 0.5) is 0 Å². The minimum absolute atomic E-state index is 0.497. The largest absolute Gasteiger partial charge is 0.370 e. The molecule has 0 unspecified atom stereocenters. The molecule has 5 nitrogen and oxygen atoms in total. The van der Waals surface area contributed by atoms with Crippen LogP contribution in [0, 0.1) is 6.92 Å². The molecule has 1 rings (SSSR count). The van der Waals surface area contributed by atoms with Gasteiger partial charge in [0.2, 0.25) is 0 Å². The first-order valence-electron chi connectivity index (χ1n) is 4.75. The Morgan fingerprint density at radius 2 is 2.50 bits per heavy atom. The van der Waals surface area contributed by atoms with Gasteiger partial charge in [0.15, 0.2) is 5.96 Å². The molecular formula is C9H17N5. The molecule has 5 heteroatoms. The van der Waals surface area contributed by atoms with Gasteiger partial charge in [0.1, 0.15) is 0 Å². The maximum absolute atomic E-state index is 5.56. The summed E-state index contributed by atoms with van der Waals surface area (Å²) >= 11 is 0. The summed E-state index contributed by atoms with van der Waals surface area (Å²) in [4.78, 5) is 4.14. The van der Waals surface area contributed by atoms with Gasteiger partial charge >= 0.3 is 0 Å². The first-order valence-corrected chi connectivity index (χ1v) is 4.75. The molecule has 14 heavy (non-hydrogen) atoms. The minimum Gasteiger partial charge on any atom is -0.370 e. The highest BCUT2D eigenvalue weighted by molar-refractivity contribution is 5.77. The Hall–Kier alpha value is -1.52. The van der Waals surface area contributed by atoms with Crippen molar-refractivity contribution in [3.05, 3.63) is 18.0 Å². The van der Waals surface area contributed by atoms with Gasteiger partial charge in [0.05, 0.1) is 19.3 Å². The number of hydrogen-bond acceptors (Lipinski definition) is 2. The number of hydrogen-bond donors (Lipinski definition) is 2. The molecule has 0 bridgehead atoms. The normalized spacial score (nSPS) is 11.7. The van der Waals surface area contributed by atoms with E-state index in [2.05, 4.69) is 15.4 Å². The van der Waals surface area contributed by atoms with Crippen molar-refractivity contribution >= 4 is 5.96 Å². The molecule has 0 saturated carbocycles. The van der Waals surface area contributed by atoms with Gasteiger partial charge in [-0.05, 0) is 19.4 Å². The zero-order valence-corrected chi connectivity index (χ0v) is 8.70. The summed E-state index contributed by atoms with van der Waals surface area (Å²) in [5, 5.41) is 7.08. The van der Waals surface area contributed by atoms with Crippen molar-refractivity contribution in [3.8, 4) is 0 Å². The molecule has 0 aliphatic carbocycles. The van der Waals surface area contributed by atoms with Crippen molar-refractivity contribution in [2.75, 3.05) is 13.1 Å². The van der Waals surface area contributed by atoms with Gasteiger partial charge in [-0.1, -0.05) is 0 Å². The lowest BCUT2D eigenvalue weighted by Crippen LogP contribution is -2.31.